The summed E-state index contributed by atoms with van der Waals surface area (Å²) in [7, 11) is 1.92. The molecule has 1 aromatic carbocycles. The van der Waals surface area contributed by atoms with Gasteiger partial charge < -0.3 is 5.32 Å². The van der Waals surface area contributed by atoms with Gasteiger partial charge in [-0.25, -0.2) is 9.97 Å². The SMILES string of the molecule is Cc1nn(C)c(C)c1Nc1ncnc2cc(Cl)ccc12. The fourth-order valence-electron chi connectivity index (χ4n) is 2.20. The summed E-state index contributed by atoms with van der Waals surface area (Å²) in [5.74, 6) is 0.755. The highest BCUT2D eigenvalue weighted by Crippen LogP contribution is 2.28. The van der Waals surface area contributed by atoms with Gasteiger partial charge in [0.2, 0.25) is 0 Å². The molecule has 3 aromatic rings. The third-order valence-electron chi connectivity index (χ3n) is 3.35. The third kappa shape index (κ3) is 2.10. The first kappa shape index (κ1) is 12.9. The molecule has 0 atom stereocenters. The monoisotopic (exact) mass is 287 g/mol. The predicted octanol–water partition coefficient (Wildman–Crippen LogP) is 3.38. The van der Waals surface area contributed by atoms with Crippen LogP contribution in [0.25, 0.3) is 10.9 Å². The van der Waals surface area contributed by atoms with E-state index >= 15 is 0 Å². The number of hydrogen-bond donors (Lipinski definition) is 1. The predicted molar refractivity (Wildman–Crippen MR) is 80.5 cm³/mol. The maximum absolute atomic E-state index is 5.99. The van der Waals surface area contributed by atoms with Crippen LogP contribution in [0.5, 0.6) is 0 Å². The number of anilines is 2. The molecule has 0 aliphatic carbocycles. The average molecular weight is 288 g/mol. The number of rotatable bonds is 2. The molecule has 102 valence electrons. The first-order chi connectivity index (χ1) is 9.56. The second-order valence-electron chi connectivity index (χ2n) is 4.68. The summed E-state index contributed by atoms with van der Waals surface area (Å²) >= 11 is 5.99. The lowest BCUT2D eigenvalue weighted by Gasteiger charge is -2.08. The average Bonchev–Trinajstić information content (AvgIpc) is 2.65. The lowest BCUT2D eigenvalue weighted by atomic mass is 10.2. The molecular weight excluding hydrogens is 274 g/mol. The Morgan fingerprint density at radius 1 is 1.20 bits per heavy atom. The Labute approximate surface area is 121 Å². The van der Waals surface area contributed by atoms with Gasteiger partial charge in [-0.15, -0.1) is 0 Å². The van der Waals surface area contributed by atoms with E-state index in [1.54, 1.807) is 0 Å². The van der Waals surface area contributed by atoms with Gasteiger partial charge in [0.25, 0.3) is 0 Å². The number of halogens is 1. The highest BCUT2D eigenvalue weighted by Gasteiger charge is 2.12. The molecule has 0 unspecified atom stereocenters. The molecule has 20 heavy (non-hydrogen) atoms. The van der Waals surface area contributed by atoms with E-state index in [4.69, 9.17) is 11.6 Å². The number of nitrogens with one attached hydrogen (secondary N) is 1. The molecule has 1 N–H and O–H groups in total. The zero-order valence-corrected chi connectivity index (χ0v) is 12.2. The second-order valence-corrected chi connectivity index (χ2v) is 5.11. The number of benzene rings is 1. The lowest BCUT2D eigenvalue weighted by Crippen LogP contribution is -1.98. The Balaban J connectivity index is 2.11. The molecule has 0 saturated heterocycles. The molecule has 0 aliphatic heterocycles. The van der Waals surface area contributed by atoms with Gasteiger partial charge >= 0.3 is 0 Å². The lowest BCUT2D eigenvalue weighted by molar-refractivity contribution is 0.731. The van der Waals surface area contributed by atoms with Gasteiger partial charge in [0.05, 0.1) is 22.6 Å². The number of nitrogens with zero attached hydrogens (tertiary/aromatic N) is 4. The Kier molecular flexibility index (Phi) is 3.06. The molecule has 0 amide bonds. The van der Waals surface area contributed by atoms with Crippen LogP contribution in [0, 0.1) is 13.8 Å². The molecule has 2 aromatic heterocycles. The summed E-state index contributed by atoms with van der Waals surface area (Å²) in [5, 5.41) is 9.33. The minimum atomic E-state index is 0.663. The number of fused-ring (bicyclic) bond motifs is 1. The Bertz CT molecular complexity index is 794. The van der Waals surface area contributed by atoms with E-state index in [0.29, 0.717) is 5.02 Å². The Morgan fingerprint density at radius 2 is 2.00 bits per heavy atom. The molecule has 0 bridgehead atoms. The zero-order valence-electron chi connectivity index (χ0n) is 11.5. The van der Waals surface area contributed by atoms with Crippen molar-refractivity contribution in [2.45, 2.75) is 13.8 Å². The topological polar surface area (TPSA) is 55.6 Å². The number of aromatic nitrogens is 4. The van der Waals surface area contributed by atoms with Gasteiger partial charge in [-0.1, -0.05) is 11.6 Å². The van der Waals surface area contributed by atoms with Gasteiger partial charge in [0.1, 0.15) is 12.1 Å². The maximum atomic E-state index is 5.99. The molecule has 0 aliphatic rings. The van der Waals surface area contributed by atoms with Crippen LogP contribution in [0.2, 0.25) is 5.02 Å². The van der Waals surface area contributed by atoms with Crippen molar-refractivity contribution in [3.05, 3.63) is 40.9 Å². The standard InChI is InChI=1S/C14H14ClN5/c1-8-13(9(2)20(3)19-8)18-14-11-5-4-10(15)6-12(11)16-7-17-14/h4-7H,1-3H3,(H,16,17,18). The molecule has 3 rings (SSSR count). The summed E-state index contributed by atoms with van der Waals surface area (Å²) in [4.78, 5) is 8.56. The van der Waals surface area contributed by atoms with E-state index in [0.717, 1.165) is 33.8 Å². The van der Waals surface area contributed by atoms with Gasteiger partial charge in [0.15, 0.2) is 0 Å². The molecule has 0 fully saturated rings. The van der Waals surface area contributed by atoms with E-state index in [1.807, 2.05) is 43.8 Å². The van der Waals surface area contributed by atoms with E-state index in [2.05, 4.69) is 20.4 Å². The fourth-order valence-corrected chi connectivity index (χ4v) is 2.37. The summed E-state index contributed by atoms with van der Waals surface area (Å²) in [6.45, 7) is 3.98. The normalized spacial score (nSPS) is 11.0. The molecule has 0 radical (unpaired) electrons. The van der Waals surface area contributed by atoms with E-state index in [-0.39, 0.29) is 0 Å². The van der Waals surface area contributed by atoms with Crippen molar-refractivity contribution in [1.29, 1.82) is 0 Å². The van der Waals surface area contributed by atoms with Gasteiger partial charge in [-0.2, -0.15) is 5.10 Å². The highest BCUT2D eigenvalue weighted by atomic mass is 35.5. The summed E-state index contributed by atoms with van der Waals surface area (Å²) in [6.07, 6.45) is 1.53. The van der Waals surface area contributed by atoms with Crippen molar-refractivity contribution in [2.75, 3.05) is 5.32 Å². The number of aryl methyl sites for hydroxylation is 2. The van der Waals surface area contributed by atoms with E-state index < -0.39 is 0 Å². The number of hydrogen-bond acceptors (Lipinski definition) is 4. The first-order valence-corrected chi connectivity index (χ1v) is 6.61. The van der Waals surface area contributed by atoms with Crippen molar-refractivity contribution >= 4 is 34.0 Å². The molecule has 2 heterocycles. The quantitative estimate of drug-likeness (QED) is 0.785. The fraction of sp³-hybridized carbons (Fsp3) is 0.214. The molecular formula is C14H14ClN5. The van der Waals surface area contributed by atoms with Crippen LogP contribution in [0.15, 0.2) is 24.5 Å². The Morgan fingerprint density at radius 3 is 2.70 bits per heavy atom. The van der Waals surface area contributed by atoms with Crippen LogP contribution >= 0.6 is 11.6 Å². The van der Waals surface area contributed by atoms with E-state index in [9.17, 15) is 0 Å². The first-order valence-electron chi connectivity index (χ1n) is 6.24. The largest absolute Gasteiger partial charge is 0.337 e. The van der Waals surface area contributed by atoms with Crippen molar-refractivity contribution < 1.29 is 0 Å². The van der Waals surface area contributed by atoms with Crippen LogP contribution in [0.4, 0.5) is 11.5 Å². The van der Waals surface area contributed by atoms with Crippen LogP contribution in [0.1, 0.15) is 11.4 Å². The smallest absolute Gasteiger partial charge is 0.141 e. The van der Waals surface area contributed by atoms with E-state index in [1.165, 1.54) is 6.33 Å². The molecule has 0 spiro atoms. The van der Waals surface area contributed by atoms with Gasteiger partial charge in [-0.3, -0.25) is 4.68 Å². The Hall–Kier alpha value is -2.14. The third-order valence-corrected chi connectivity index (χ3v) is 3.59. The van der Waals surface area contributed by atoms with Crippen LogP contribution in [0.3, 0.4) is 0 Å². The van der Waals surface area contributed by atoms with Crippen molar-refractivity contribution in [3.63, 3.8) is 0 Å². The molecule has 5 nitrogen and oxygen atoms in total. The highest BCUT2D eigenvalue weighted by molar-refractivity contribution is 6.31. The van der Waals surface area contributed by atoms with Gasteiger partial charge in [-0.05, 0) is 32.0 Å². The van der Waals surface area contributed by atoms with Crippen molar-refractivity contribution in [2.24, 2.45) is 7.05 Å². The molecule has 6 heteroatoms. The molecule has 0 saturated carbocycles. The minimum Gasteiger partial charge on any atom is -0.337 e. The maximum Gasteiger partial charge on any atom is 0.141 e. The van der Waals surface area contributed by atoms with Crippen molar-refractivity contribution in [1.82, 2.24) is 19.7 Å². The van der Waals surface area contributed by atoms with Crippen LogP contribution < -0.4 is 5.32 Å². The van der Waals surface area contributed by atoms with Crippen LogP contribution in [-0.4, -0.2) is 19.7 Å². The van der Waals surface area contributed by atoms with Gasteiger partial charge in [0, 0.05) is 17.5 Å². The zero-order chi connectivity index (χ0) is 14.3. The summed E-state index contributed by atoms with van der Waals surface area (Å²) in [5.41, 5.74) is 3.78. The second kappa shape index (κ2) is 4.76. The van der Waals surface area contributed by atoms with Crippen molar-refractivity contribution in [3.8, 4) is 0 Å². The minimum absolute atomic E-state index is 0.663. The van der Waals surface area contributed by atoms with Crippen LogP contribution in [-0.2, 0) is 7.05 Å². The summed E-state index contributed by atoms with van der Waals surface area (Å²) in [6, 6.07) is 5.58. The summed E-state index contributed by atoms with van der Waals surface area (Å²) < 4.78 is 1.85.